The van der Waals surface area contributed by atoms with E-state index in [-0.39, 0.29) is 24.4 Å². The summed E-state index contributed by atoms with van der Waals surface area (Å²) in [6.45, 7) is 1.75. The molecule has 1 aromatic rings. The van der Waals surface area contributed by atoms with E-state index < -0.39 is 5.97 Å². The van der Waals surface area contributed by atoms with E-state index in [0.29, 0.717) is 0 Å². The lowest BCUT2D eigenvalue weighted by molar-refractivity contribution is -0.136. The van der Waals surface area contributed by atoms with E-state index in [4.69, 9.17) is 9.52 Å². The average molecular weight is 182 g/mol. The Kier molecular flexibility index (Phi) is 2.84. The van der Waals surface area contributed by atoms with Crippen LogP contribution in [0.15, 0.2) is 16.7 Å². The smallest absolute Gasteiger partial charge is 0.303 e. The fraction of sp³-hybridized carbons (Fsp3) is 0.333. The monoisotopic (exact) mass is 182 g/mol. The van der Waals surface area contributed by atoms with Crippen LogP contribution in [0.3, 0.4) is 0 Å². The van der Waals surface area contributed by atoms with E-state index >= 15 is 0 Å². The maximum Gasteiger partial charge on any atom is 0.303 e. The molecule has 0 spiro atoms. The van der Waals surface area contributed by atoms with E-state index in [0.717, 1.165) is 5.56 Å². The molecular weight excluding hydrogens is 172 g/mol. The number of aryl methyl sites for hydroxylation is 1. The molecule has 70 valence electrons. The number of carbonyl (C=O) groups excluding carboxylic acids is 1. The summed E-state index contributed by atoms with van der Waals surface area (Å²) in [6.07, 6.45) is 1.26. The van der Waals surface area contributed by atoms with Crippen molar-refractivity contribution in [2.75, 3.05) is 0 Å². The molecule has 0 saturated heterocycles. The van der Waals surface area contributed by atoms with Gasteiger partial charge < -0.3 is 9.52 Å². The first kappa shape index (κ1) is 9.51. The Hall–Kier alpha value is -1.58. The number of hydrogen-bond acceptors (Lipinski definition) is 3. The number of furan rings is 1. The minimum Gasteiger partial charge on any atom is -0.481 e. The van der Waals surface area contributed by atoms with Gasteiger partial charge in [0.15, 0.2) is 11.5 Å². The fourth-order valence-corrected chi connectivity index (χ4v) is 0.992. The Morgan fingerprint density at radius 1 is 1.46 bits per heavy atom. The molecule has 0 aromatic carbocycles. The van der Waals surface area contributed by atoms with E-state index in [2.05, 4.69) is 0 Å². The summed E-state index contributed by atoms with van der Waals surface area (Å²) in [6, 6.07) is 1.67. The van der Waals surface area contributed by atoms with Crippen LogP contribution in [0.1, 0.15) is 29.0 Å². The van der Waals surface area contributed by atoms with Gasteiger partial charge in [0.1, 0.15) is 0 Å². The molecule has 1 heterocycles. The maximum absolute atomic E-state index is 11.3. The predicted molar refractivity (Wildman–Crippen MR) is 44.6 cm³/mol. The van der Waals surface area contributed by atoms with Crippen molar-refractivity contribution in [2.45, 2.75) is 19.8 Å². The highest BCUT2D eigenvalue weighted by Gasteiger charge is 2.13. The molecule has 0 fully saturated rings. The minimum atomic E-state index is -0.974. The Balaban J connectivity index is 2.59. The zero-order valence-electron chi connectivity index (χ0n) is 7.24. The molecule has 0 aliphatic rings. The van der Waals surface area contributed by atoms with E-state index in [1.165, 1.54) is 6.26 Å². The van der Waals surface area contributed by atoms with Gasteiger partial charge in [0.2, 0.25) is 0 Å². The normalized spacial score (nSPS) is 9.92. The lowest BCUT2D eigenvalue weighted by Gasteiger charge is -1.95. The van der Waals surface area contributed by atoms with Crippen LogP contribution in [0.4, 0.5) is 0 Å². The molecule has 4 nitrogen and oxygen atoms in total. The molecule has 1 aromatic heterocycles. The van der Waals surface area contributed by atoms with Crippen LogP contribution in [0.2, 0.25) is 0 Å². The molecular formula is C9H10O4. The molecule has 0 atom stereocenters. The lowest BCUT2D eigenvalue weighted by Crippen LogP contribution is -2.03. The van der Waals surface area contributed by atoms with Crippen molar-refractivity contribution >= 4 is 11.8 Å². The summed E-state index contributed by atoms with van der Waals surface area (Å²) in [4.78, 5) is 21.4. The van der Waals surface area contributed by atoms with Gasteiger partial charge in [-0.15, -0.1) is 0 Å². The van der Waals surface area contributed by atoms with Crippen LogP contribution >= 0.6 is 0 Å². The second-order valence-electron chi connectivity index (χ2n) is 2.75. The van der Waals surface area contributed by atoms with Gasteiger partial charge in [-0.25, -0.2) is 0 Å². The molecule has 1 rings (SSSR count). The highest BCUT2D eigenvalue weighted by Crippen LogP contribution is 2.12. The number of aliphatic carboxylic acids is 1. The SMILES string of the molecule is Cc1ccoc1C(=O)CCC(=O)O. The van der Waals surface area contributed by atoms with Crippen LogP contribution in [-0.4, -0.2) is 16.9 Å². The van der Waals surface area contributed by atoms with Gasteiger partial charge in [0.25, 0.3) is 0 Å². The van der Waals surface area contributed by atoms with Crippen molar-refractivity contribution in [3.8, 4) is 0 Å². The first-order valence-corrected chi connectivity index (χ1v) is 3.90. The summed E-state index contributed by atoms with van der Waals surface area (Å²) < 4.78 is 4.92. The highest BCUT2D eigenvalue weighted by atomic mass is 16.4. The van der Waals surface area contributed by atoms with Crippen molar-refractivity contribution in [1.29, 1.82) is 0 Å². The highest BCUT2D eigenvalue weighted by molar-refractivity contribution is 5.96. The molecule has 0 unspecified atom stereocenters. The molecule has 0 amide bonds. The molecule has 0 saturated carbocycles. The van der Waals surface area contributed by atoms with Crippen LogP contribution in [-0.2, 0) is 4.79 Å². The number of carboxylic acid groups (broad SMARTS) is 1. The largest absolute Gasteiger partial charge is 0.481 e. The zero-order chi connectivity index (χ0) is 9.84. The van der Waals surface area contributed by atoms with Crippen molar-refractivity contribution in [1.82, 2.24) is 0 Å². The predicted octanol–water partition coefficient (Wildman–Crippen LogP) is 1.64. The third kappa shape index (κ3) is 2.43. The Morgan fingerprint density at radius 3 is 2.62 bits per heavy atom. The van der Waals surface area contributed by atoms with Gasteiger partial charge in [-0.2, -0.15) is 0 Å². The Bertz CT molecular complexity index is 324. The van der Waals surface area contributed by atoms with Crippen molar-refractivity contribution in [2.24, 2.45) is 0 Å². The minimum absolute atomic E-state index is 0.0102. The van der Waals surface area contributed by atoms with E-state index in [9.17, 15) is 9.59 Å². The topological polar surface area (TPSA) is 67.5 Å². The molecule has 0 aliphatic carbocycles. The van der Waals surface area contributed by atoms with Crippen LogP contribution in [0.5, 0.6) is 0 Å². The average Bonchev–Trinajstić information content (AvgIpc) is 2.47. The molecule has 4 heteroatoms. The van der Waals surface area contributed by atoms with E-state index in [1.807, 2.05) is 0 Å². The summed E-state index contributed by atoms with van der Waals surface area (Å²) in [5.41, 5.74) is 0.746. The van der Waals surface area contributed by atoms with Gasteiger partial charge in [-0.1, -0.05) is 0 Å². The molecule has 0 radical (unpaired) electrons. The van der Waals surface area contributed by atoms with Crippen molar-refractivity contribution < 1.29 is 19.1 Å². The third-order valence-corrected chi connectivity index (χ3v) is 1.68. The quantitative estimate of drug-likeness (QED) is 0.718. The standard InChI is InChI=1S/C9H10O4/c1-6-4-5-13-9(6)7(10)2-3-8(11)12/h4-5H,2-3H2,1H3,(H,11,12). The first-order chi connectivity index (χ1) is 6.11. The zero-order valence-corrected chi connectivity index (χ0v) is 7.24. The second-order valence-corrected chi connectivity index (χ2v) is 2.75. The van der Waals surface area contributed by atoms with Crippen LogP contribution < -0.4 is 0 Å². The fourth-order valence-electron chi connectivity index (χ4n) is 0.992. The second kappa shape index (κ2) is 3.89. The van der Waals surface area contributed by atoms with Crippen LogP contribution in [0.25, 0.3) is 0 Å². The first-order valence-electron chi connectivity index (χ1n) is 3.90. The van der Waals surface area contributed by atoms with Gasteiger partial charge >= 0.3 is 5.97 Å². The number of rotatable bonds is 4. The van der Waals surface area contributed by atoms with Gasteiger partial charge in [-0.3, -0.25) is 9.59 Å². The van der Waals surface area contributed by atoms with Gasteiger partial charge in [-0.05, 0) is 18.6 Å². The number of carboxylic acids is 1. The summed E-state index contributed by atoms with van der Waals surface area (Å²) in [5.74, 6) is -0.969. The number of carbonyl (C=O) groups is 2. The number of ketones is 1. The summed E-state index contributed by atoms with van der Waals surface area (Å²) in [5, 5.41) is 8.35. The Morgan fingerprint density at radius 2 is 2.15 bits per heavy atom. The Labute approximate surface area is 75.2 Å². The van der Waals surface area contributed by atoms with Gasteiger partial charge in [0, 0.05) is 6.42 Å². The van der Waals surface area contributed by atoms with Crippen molar-refractivity contribution in [3.63, 3.8) is 0 Å². The molecule has 0 bridgehead atoms. The number of hydrogen-bond donors (Lipinski definition) is 1. The van der Waals surface area contributed by atoms with E-state index in [1.54, 1.807) is 13.0 Å². The molecule has 0 aliphatic heterocycles. The molecule has 13 heavy (non-hydrogen) atoms. The maximum atomic E-state index is 11.3. The summed E-state index contributed by atoms with van der Waals surface area (Å²) in [7, 11) is 0. The molecule has 1 N–H and O–H groups in total. The van der Waals surface area contributed by atoms with Crippen molar-refractivity contribution in [3.05, 3.63) is 23.7 Å². The third-order valence-electron chi connectivity index (χ3n) is 1.68. The number of Topliss-reactive ketones (excluding diaryl/α,β-unsaturated/α-hetero) is 1. The lowest BCUT2D eigenvalue weighted by atomic mass is 10.1. The van der Waals surface area contributed by atoms with Gasteiger partial charge in [0.05, 0.1) is 12.7 Å². The van der Waals surface area contributed by atoms with Crippen LogP contribution in [0, 0.1) is 6.92 Å². The summed E-state index contributed by atoms with van der Waals surface area (Å²) >= 11 is 0.